The lowest BCUT2D eigenvalue weighted by atomic mass is 10.0. The fraction of sp³-hybridized carbons (Fsp3) is 0.235. The molecule has 2 aromatic carbocycles. The number of ketones is 1. The predicted molar refractivity (Wildman–Crippen MR) is 99.2 cm³/mol. The Morgan fingerprint density at radius 1 is 1.12 bits per heavy atom. The second kappa shape index (κ2) is 8.19. The van der Waals surface area contributed by atoms with Crippen molar-refractivity contribution < 1.29 is 9.90 Å². The molecule has 2 atom stereocenters. The summed E-state index contributed by atoms with van der Waals surface area (Å²) >= 11 is 17.6. The average Bonchev–Trinajstić information content (AvgIpc) is 2.56. The summed E-state index contributed by atoms with van der Waals surface area (Å²) in [6, 6.07) is 11.6. The topological polar surface area (TPSA) is 66.6 Å². The zero-order chi connectivity index (χ0) is 17.9. The third-order valence-electron chi connectivity index (χ3n) is 3.71. The largest absolute Gasteiger partial charge is 0.389 e. The normalized spacial score (nSPS) is 13.4. The van der Waals surface area contributed by atoms with Crippen LogP contribution in [0.2, 0.25) is 15.1 Å². The number of anilines is 1. The number of nitrogens with zero attached hydrogens (tertiary/aromatic N) is 1. The monoisotopic (exact) mass is 386 g/mol. The van der Waals surface area contributed by atoms with Crippen LogP contribution in [0.15, 0.2) is 42.5 Å². The SMILES string of the molecule is CN(c1ccc(Cl)cc1)C(N)C(O)CC(=O)c1ccc(Cl)c(Cl)c1. The molecule has 0 heterocycles. The molecule has 0 bridgehead atoms. The molecule has 0 aliphatic heterocycles. The number of aliphatic hydroxyl groups excluding tert-OH is 1. The van der Waals surface area contributed by atoms with Crippen molar-refractivity contribution in [3.05, 3.63) is 63.1 Å². The highest BCUT2D eigenvalue weighted by molar-refractivity contribution is 6.42. The molecule has 0 saturated carbocycles. The minimum atomic E-state index is -1.05. The number of hydrogen-bond donors (Lipinski definition) is 2. The van der Waals surface area contributed by atoms with Crippen molar-refractivity contribution in [1.82, 2.24) is 0 Å². The fourth-order valence-electron chi connectivity index (χ4n) is 2.20. The van der Waals surface area contributed by atoms with Gasteiger partial charge in [-0.3, -0.25) is 4.79 Å². The van der Waals surface area contributed by atoms with Gasteiger partial charge in [0.15, 0.2) is 5.78 Å². The van der Waals surface area contributed by atoms with E-state index in [0.29, 0.717) is 20.6 Å². The van der Waals surface area contributed by atoms with Crippen LogP contribution >= 0.6 is 34.8 Å². The van der Waals surface area contributed by atoms with E-state index in [0.717, 1.165) is 5.69 Å². The third kappa shape index (κ3) is 4.62. The van der Waals surface area contributed by atoms with Gasteiger partial charge in [0.25, 0.3) is 0 Å². The maximum atomic E-state index is 12.3. The molecule has 0 saturated heterocycles. The molecule has 0 radical (unpaired) electrons. The highest BCUT2D eigenvalue weighted by Gasteiger charge is 2.23. The minimum Gasteiger partial charge on any atom is -0.389 e. The van der Waals surface area contributed by atoms with Crippen LogP contribution in [-0.2, 0) is 0 Å². The van der Waals surface area contributed by atoms with Gasteiger partial charge in [-0.2, -0.15) is 0 Å². The third-order valence-corrected chi connectivity index (χ3v) is 4.70. The molecule has 0 fully saturated rings. The lowest BCUT2D eigenvalue weighted by molar-refractivity contribution is 0.0836. The maximum absolute atomic E-state index is 12.3. The first-order chi connectivity index (χ1) is 11.3. The first-order valence-corrected chi connectivity index (χ1v) is 8.33. The van der Waals surface area contributed by atoms with Crippen molar-refractivity contribution in [3.63, 3.8) is 0 Å². The summed E-state index contributed by atoms with van der Waals surface area (Å²) in [7, 11) is 1.74. The molecule has 2 unspecified atom stereocenters. The number of halogens is 3. The second-order valence-electron chi connectivity index (χ2n) is 5.40. The molecule has 0 aliphatic carbocycles. The van der Waals surface area contributed by atoms with E-state index in [1.54, 1.807) is 48.3 Å². The predicted octanol–water partition coefficient (Wildman–Crippen LogP) is 4.00. The molecule has 0 amide bonds. The summed E-state index contributed by atoms with van der Waals surface area (Å²) in [6.07, 6.45) is -1.93. The average molecular weight is 388 g/mol. The van der Waals surface area contributed by atoms with Crippen LogP contribution in [0.25, 0.3) is 0 Å². The highest BCUT2D eigenvalue weighted by Crippen LogP contribution is 2.24. The fourth-order valence-corrected chi connectivity index (χ4v) is 2.63. The lowest BCUT2D eigenvalue weighted by Gasteiger charge is -2.30. The zero-order valence-electron chi connectivity index (χ0n) is 12.9. The number of aliphatic hydroxyl groups is 1. The van der Waals surface area contributed by atoms with Crippen molar-refractivity contribution in [3.8, 4) is 0 Å². The van der Waals surface area contributed by atoms with Crippen molar-refractivity contribution in [2.45, 2.75) is 18.7 Å². The van der Waals surface area contributed by atoms with Crippen LogP contribution in [0.1, 0.15) is 16.8 Å². The standard InChI is InChI=1S/C17H17Cl3N2O2/c1-22(12-5-3-11(18)4-6-12)17(21)16(24)9-15(23)10-2-7-13(19)14(20)8-10/h2-8,16-17,24H,9,21H2,1H3. The van der Waals surface area contributed by atoms with Gasteiger partial charge in [-0.15, -0.1) is 0 Å². The Morgan fingerprint density at radius 3 is 2.33 bits per heavy atom. The van der Waals surface area contributed by atoms with Crippen LogP contribution in [0.5, 0.6) is 0 Å². The van der Waals surface area contributed by atoms with Crippen molar-refractivity contribution in [1.29, 1.82) is 0 Å². The summed E-state index contributed by atoms with van der Waals surface area (Å²) in [5, 5.41) is 11.6. The van der Waals surface area contributed by atoms with Gasteiger partial charge >= 0.3 is 0 Å². The molecular formula is C17H17Cl3N2O2. The number of carbonyl (C=O) groups excluding carboxylic acids is 1. The number of likely N-dealkylation sites (N-methyl/N-ethyl adjacent to an activating group) is 1. The summed E-state index contributed by atoms with van der Waals surface area (Å²) in [4.78, 5) is 14.0. The number of nitrogens with two attached hydrogens (primary N) is 1. The van der Waals surface area contributed by atoms with Gasteiger partial charge in [0.2, 0.25) is 0 Å². The number of benzene rings is 2. The second-order valence-corrected chi connectivity index (χ2v) is 6.65. The molecular weight excluding hydrogens is 371 g/mol. The molecule has 2 aromatic rings. The van der Waals surface area contributed by atoms with Gasteiger partial charge in [0.05, 0.1) is 16.1 Å². The van der Waals surface area contributed by atoms with E-state index in [1.807, 2.05) is 0 Å². The Labute approximate surface area is 155 Å². The number of rotatable bonds is 6. The van der Waals surface area contributed by atoms with Crippen LogP contribution in [0.4, 0.5) is 5.69 Å². The lowest BCUT2D eigenvalue weighted by Crippen LogP contribution is -2.49. The van der Waals surface area contributed by atoms with Gasteiger partial charge in [0, 0.05) is 29.7 Å². The Hall–Kier alpha value is -1.30. The Kier molecular flexibility index (Phi) is 6.49. The van der Waals surface area contributed by atoms with Crippen molar-refractivity contribution in [2.75, 3.05) is 11.9 Å². The van der Waals surface area contributed by atoms with E-state index in [9.17, 15) is 9.90 Å². The van der Waals surface area contributed by atoms with Gasteiger partial charge < -0.3 is 15.7 Å². The van der Waals surface area contributed by atoms with Gasteiger partial charge in [-0.05, 0) is 42.5 Å². The van der Waals surface area contributed by atoms with Crippen LogP contribution < -0.4 is 10.6 Å². The molecule has 0 aliphatic rings. The van der Waals surface area contributed by atoms with E-state index < -0.39 is 12.3 Å². The summed E-state index contributed by atoms with van der Waals surface area (Å²) in [5.74, 6) is -0.263. The smallest absolute Gasteiger partial charge is 0.165 e. The summed E-state index contributed by atoms with van der Waals surface area (Å²) < 4.78 is 0. The van der Waals surface area contributed by atoms with Crippen molar-refractivity contribution >= 4 is 46.3 Å². The Bertz CT molecular complexity index is 722. The van der Waals surface area contributed by atoms with Gasteiger partial charge in [0.1, 0.15) is 6.17 Å². The van der Waals surface area contributed by atoms with E-state index in [-0.39, 0.29) is 12.2 Å². The molecule has 0 spiro atoms. The van der Waals surface area contributed by atoms with Gasteiger partial charge in [-0.25, -0.2) is 0 Å². The first kappa shape index (κ1) is 19.0. The molecule has 3 N–H and O–H groups in total. The minimum absolute atomic E-state index is 0.128. The van der Waals surface area contributed by atoms with Crippen LogP contribution in [-0.4, -0.2) is 30.2 Å². The molecule has 7 heteroatoms. The Morgan fingerprint density at radius 2 is 1.75 bits per heavy atom. The number of Topliss-reactive ketones (excluding diaryl/α,β-unsaturated/α-hetero) is 1. The number of carbonyl (C=O) groups is 1. The van der Waals surface area contributed by atoms with E-state index in [1.165, 1.54) is 6.07 Å². The highest BCUT2D eigenvalue weighted by atomic mass is 35.5. The quantitative estimate of drug-likeness (QED) is 0.581. The summed E-state index contributed by atoms with van der Waals surface area (Å²) in [6.45, 7) is 0. The van der Waals surface area contributed by atoms with E-state index in [2.05, 4.69) is 0 Å². The molecule has 128 valence electrons. The van der Waals surface area contributed by atoms with E-state index in [4.69, 9.17) is 40.5 Å². The molecule has 2 rings (SSSR count). The van der Waals surface area contributed by atoms with Crippen LogP contribution in [0, 0.1) is 0 Å². The molecule has 0 aromatic heterocycles. The maximum Gasteiger partial charge on any atom is 0.165 e. The first-order valence-electron chi connectivity index (χ1n) is 7.20. The zero-order valence-corrected chi connectivity index (χ0v) is 15.2. The van der Waals surface area contributed by atoms with E-state index >= 15 is 0 Å². The molecule has 4 nitrogen and oxygen atoms in total. The van der Waals surface area contributed by atoms with Crippen LogP contribution in [0.3, 0.4) is 0 Å². The number of hydrogen-bond acceptors (Lipinski definition) is 4. The van der Waals surface area contributed by atoms with Gasteiger partial charge in [-0.1, -0.05) is 34.8 Å². The Balaban J connectivity index is 2.04. The summed E-state index contributed by atoms with van der Waals surface area (Å²) in [5.41, 5.74) is 7.22. The molecule has 24 heavy (non-hydrogen) atoms. The van der Waals surface area contributed by atoms with Crippen molar-refractivity contribution in [2.24, 2.45) is 5.73 Å².